The van der Waals surface area contributed by atoms with E-state index in [1.165, 1.54) is 11.1 Å². The highest BCUT2D eigenvalue weighted by Crippen LogP contribution is 2.28. The standard InChI is InChI=1S/C17H19NOS/c1-12-10-15(19-14-6-4-3-5-7-14)8-9-16(12)13(2)11-17(18)20/h3-10,13H,11H2,1-2H3,(H2,18,20). The molecule has 2 rings (SSSR count). The molecule has 2 aromatic rings. The van der Waals surface area contributed by atoms with Crippen LogP contribution in [0.3, 0.4) is 0 Å². The molecule has 104 valence electrons. The lowest BCUT2D eigenvalue weighted by atomic mass is 9.93. The molecule has 2 N–H and O–H groups in total. The highest BCUT2D eigenvalue weighted by Gasteiger charge is 2.10. The Morgan fingerprint density at radius 1 is 1.15 bits per heavy atom. The molecule has 0 aliphatic carbocycles. The average molecular weight is 285 g/mol. The van der Waals surface area contributed by atoms with Gasteiger partial charge in [-0.15, -0.1) is 0 Å². The molecule has 0 bridgehead atoms. The molecular weight excluding hydrogens is 266 g/mol. The van der Waals surface area contributed by atoms with Crippen molar-refractivity contribution < 1.29 is 4.74 Å². The van der Waals surface area contributed by atoms with E-state index in [0.29, 0.717) is 10.9 Å². The molecular formula is C17H19NOS. The van der Waals surface area contributed by atoms with Crippen molar-refractivity contribution >= 4 is 17.2 Å². The van der Waals surface area contributed by atoms with Gasteiger partial charge in [-0.25, -0.2) is 0 Å². The van der Waals surface area contributed by atoms with Crippen LogP contribution in [0.4, 0.5) is 0 Å². The Morgan fingerprint density at radius 3 is 2.45 bits per heavy atom. The molecule has 0 aromatic heterocycles. The first-order valence-corrected chi connectivity index (χ1v) is 7.09. The second kappa shape index (κ2) is 6.53. The number of nitrogens with two attached hydrogens (primary N) is 1. The van der Waals surface area contributed by atoms with E-state index < -0.39 is 0 Å². The minimum Gasteiger partial charge on any atom is -0.457 e. The van der Waals surface area contributed by atoms with Crippen LogP contribution in [0.15, 0.2) is 48.5 Å². The van der Waals surface area contributed by atoms with Crippen LogP contribution in [0.1, 0.15) is 30.4 Å². The number of benzene rings is 2. The number of rotatable bonds is 5. The first kappa shape index (κ1) is 14.5. The lowest BCUT2D eigenvalue weighted by molar-refractivity contribution is 0.482. The molecule has 20 heavy (non-hydrogen) atoms. The molecule has 2 nitrogen and oxygen atoms in total. The van der Waals surface area contributed by atoms with Gasteiger partial charge in [0.15, 0.2) is 0 Å². The fourth-order valence-corrected chi connectivity index (χ4v) is 2.55. The SMILES string of the molecule is Cc1cc(Oc2ccccc2)ccc1C(C)CC(N)=S. The Labute approximate surface area is 125 Å². The van der Waals surface area contributed by atoms with E-state index in [-0.39, 0.29) is 0 Å². The molecule has 0 amide bonds. The van der Waals surface area contributed by atoms with Crippen molar-refractivity contribution in [3.63, 3.8) is 0 Å². The molecule has 3 heteroatoms. The zero-order valence-electron chi connectivity index (χ0n) is 11.8. The smallest absolute Gasteiger partial charge is 0.127 e. The van der Waals surface area contributed by atoms with Crippen molar-refractivity contribution in [1.82, 2.24) is 0 Å². The van der Waals surface area contributed by atoms with Gasteiger partial charge in [-0.3, -0.25) is 0 Å². The minimum absolute atomic E-state index is 0.332. The fraction of sp³-hybridized carbons (Fsp3) is 0.235. The maximum absolute atomic E-state index is 5.82. The number of thiocarbonyl (C=S) groups is 1. The Kier molecular flexibility index (Phi) is 4.74. The van der Waals surface area contributed by atoms with Gasteiger partial charge in [-0.1, -0.05) is 43.4 Å². The van der Waals surface area contributed by atoms with Crippen LogP contribution in [-0.2, 0) is 0 Å². The number of ether oxygens (including phenoxy) is 1. The number of hydrogen-bond acceptors (Lipinski definition) is 2. The summed E-state index contributed by atoms with van der Waals surface area (Å²) in [5, 5.41) is 0. The van der Waals surface area contributed by atoms with Crippen molar-refractivity contribution in [3.8, 4) is 11.5 Å². The lowest BCUT2D eigenvalue weighted by Crippen LogP contribution is -2.12. The normalized spacial score (nSPS) is 11.9. The van der Waals surface area contributed by atoms with Gasteiger partial charge in [0, 0.05) is 6.42 Å². The molecule has 0 radical (unpaired) electrons. The van der Waals surface area contributed by atoms with E-state index in [1.54, 1.807) is 0 Å². The average Bonchev–Trinajstić information content (AvgIpc) is 2.39. The van der Waals surface area contributed by atoms with Crippen molar-refractivity contribution in [2.24, 2.45) is 5.73 Å². The zero-order chi connectivity index (χ0) is 14.5. The van der Waals surface area contributed by atoms with Crippen LogP contribution in [0, 0.1) is 6.92 Å². The third kappa shape index (κ3) is 3.81. The minimum atomic E-state index is 0.332. The first-order chi connectivity index (χ1) is 9.56. The largest absolute Gasteiger partial charge is 0.457 e. The van der Waals surface area contributed by atoms with Gasteiger partial charge in [0.25, 0.3) is 0 Å². The van der Waals surface area contributed by atoms with Crippen LogP contribution in [0.2, 0.25) is 0 Å². The van der Waals surface area contributed by atoms with E-state index in [1.807, 2.05) is 36.4 Å². The summed E-state index contributed by atoms with van der Waals surface area (Å²) in [6, 6.07) is 15.9. The summed E-state index contributed by atoms with van der Waals surface area (Å²) in [5.41, 5.74) is 8.08. The highest BCUT2D eigenvalue weighted by molar-refractivity contribution is 7.80. The Hall–Kier alpha value is -1.87. The number of para-hydroxylation sites is 1. The second-order valence-corrected chi connectivity index (χ2v) is 5.53. The maximum atomic E-state index is 5.82. The van der Waals surface area contributed by atoms with E-state index in [9.17, 15) is 0 Å². The Balaban J connectivity index is 2.15. The zero-order valence-corrected chi connectivity index (χ0v) is 12.6. The summed E-state index contributed by atoms with van der Waals surface area (Å²) in [4.78, 5) is 0.557. The molecule has 0 aliphatic heterocycles. The van der Waals surface area contributed by atoms with Crippen molar-refractivity contribution in [2.45, 2.75) is 26.2 Å². The number of hydrogen-bond donors (Lipinski definition) is 1. The summed E-state index contributed by atoms with van der Waals surface area (Å²) >= 11 is 4.98. The van der Waals surface area contributed by atoms with Crippen LogP contribution in [0.25, 0.3) is 0 Å². The van der Waals surface area contributed by atoms with Crippen LogP contribution < -0.4 is 10.5 Å². The number of aryl methyl sites for hydroxylation is 1. The van der Waals surface area contributed by atoms with Gasteiger partial charge >= 0.3 is 0 Å². The molecule has 0 saturated heterocycles. The molecule has 1 atom stereocenters. The summed E-state index contributed by atoms with van der Waals surface area (Å²) in [7, 11) is 0. The monoisotopic (exact) mass is 285 g/mol. The van der Waals surface area contributed by atoms with Crippen molar-refractivity contribution in [1.29, 1.82) is 0 Å². The van der Waals surface area contributed by atoms with Crippen LogP contribution in [0.5, 0.6) is 11.5 Å². The molecule has 0 heterocycles. The van der Waals surface area contributed by atoms with Gasteiger partial charge in [0.1, 0.15) is 11.5 Å². The maximum Gasteiger partial charge on any atom is 0.127 e. The third-order valence-electron chi connectivity index (χ3n) is 3.26. The predicted octanol–water partition coefficient (Wildman–Crippen LogP) is 4.57. The predicted molar refractivity (Wildman–Crippen MR) is 87.5 cm³/mol. The summed E-state index contributed by atoms with van der Waals surface area (Å²) in [6.07, 6.45) is 0.731. The fourth-order valence-electron chi connectivity index (χ4n) is 2.30. The van der Waals surface area contributed by atoms with Gasteiger partial charge in [0.05, 0.1) is 4.99 Å². The molecule has 0 spiro atoms. The highest BCUT2D eigenvalue weighted by atomic mass is 32.1. The van der Waals surface area contributed by atoms with E-state index in [0.717, 1.165) is 17.9 Å². The molecule has 2 aromatic carbocycles. The quantitative estimate of drug-likeness (QED) is 0.817. The van der Waals surface area contributed by atoms with Crippen molar-refractivity contribution in [2.75, 3.05) is 0 Å². The summed E-state index contributed by atoms with van der Waals surface area (Å²) in [5.74, 6) is 2.02. The van der Waals surface area contributed by atoms with Gasteiger partial charge in [0.2, 0.25) is 0 Å². The van der Waals surface area contributed by atoms with Crippen LogP contribution >= 0.6 is 12.2 Å². The molecule has 0 saturated carbocycles. The van der Waals surface area contributed by atoms with Gasteiger partial charge in [-0.2, -0.15) is 0 Å². The van der Waals surface area contributed by atoms with Gasteiger partial charge < -0.3 is 10.5 Å². The molecule has 1 unspecified atom stereocenters. The Morgan fingerprint density at radius 2 is 1.85 bits per heavy atom. The second-order valence-electron chi connectivity index (χ2n) is 5.00. The molecule has 0 aliphatic rings. The van der Waals surface area contributed by atoms with E-state index in [4.69, 9.17) is 22.7 Å². The summed E-state index contributed by atoms with van der Waals surface area (Å²) in [6.45, 7) is 4.22. The lowest BCUT2D eigenvalue weighted by Gasteiger charge is -2.15. The third-order valence-corrected chi connectivity index (χ3v) is 3.43. The Bertz CT molecular complexity index is 595. The van der Waals surface area contributed by atoms with E-state index >= 15 is 0 Å². The van der Waals surface area contributed by atoms with E-state index in [2.05, 4.69) is 26.0 Å². The van der Waals surface area contributed by atoms with Crippen molar-refractivity contribution in [3.05, 3.63) is 59.7 Å². The van der Waals surface area contributed by atoms with Crippen LogP contribution in [-0.4, -0.2) is 4.99 Å². The molecule has 0 fully saturated rings. The topological polar surface area (TPSA) is 35.2 Å². The first-order valence-electron chi connectivity index (χ1n) is 6.68. The van der Waals surface area contributed by atoms with Gasteiger partial charge in [-0.05, 0) is 48.2 Å². The summed E-state index contributed by atoms with van der Waals surface area (Å²) < 4.78 is 5.82.